The molecule has 1 saturated heterocycles. The molecule has 4 rings (SSSR count). The van der Waals surface area contributed by atoms with Crippen LogP contribution in [0.15, 0.2) is 42.5 Å². The summed E-state index contributed by atoms with van der Waals surface area (Å²) in [6, 6.07) is 14.9. The summed E-state index contributed by atoms with van der Waals surface area (Å²) in [5.41, 5.74) is 3.65. The molecule has 154 valence electrons. The maximum Gasteiger partial charge on any atom is 0.234 e. The minimum atomic E-state index is 0.00347. The predicted molar refractivity (Wildman–Crippen MR) is 113 cm³/mol. The second-order valence-electron chi connectivity index (χ2n) is 7.92. The first kappa shape index (κ1) is 19.8. The van der Waals surface area contributed by atoms with Crippen LogP contribution in [-0.2, 0) is 11.2 Å². The van der Waals surface area contributed by atoms with Crippen LogP contribution in [0.2, 0.25) is 0 Å². The quantitative estimate of drug-likeness (QED) is 0.804. The highest BCUT2D eigenvalue weighted by atomic mass is 16.6. The third kappa shape index (κ3) is 4.56. The molecule has 29 heavy (non-hydrogen) atoms. The zero-order chi connectivity index (χ0) is 20.2. The summed E-state index contributed by atoms with van der Waals surface area (Å²) in [5.74, 6) is 1.70. The van der Waals surface area contributed by atoms with Crippen LogP contribution in [0.1, 0.15) is 55.5 Å². The summed E-state index contributed by atoms with van der Waals surface area (Å²) in [5, 5.41) is 3.16. The molecule has 2 aromatic rings. The Morgan fingerprint density at radius 1 is 1.14 bits per heavy atom. The van der Waals surface area contributed by atoms with E-state index in [0.717, 1.165) is 42.9 Å². The molecule has 0 bridgehead atoms. The standard InChI is InChI=1S/C24H30N2O3/c1-3-18-6-8-19(9-7-18)17(2)25-24(27)16-26-12-4-5-21(26)20-10-11-22-23(15-20)29-14-13-28-22/h6-11,15,17,21H,3-5,12-14,16H2,1-2H3,(H,25,27)/t17-,21+/m1/s1. The van der Waals surface area contributed by atoms with Gasteiger partial charge in [0.15, 0.2) is 11.5 Å². The first-order valence-electron chi connectivity index (χ1n) is 10.7. The molecule has 2 atom stereocenters. The number of amides is 1. The number of carbonyl (C=O) groups is 1. The van der Waals surface area contributed by atoms with Crippen molar-refractivity contribution in [3.05, 3.63) is 59.2 Å². The van der Waals surface area contributed by atoms with Gasteiger partial charge in [-0.15, -0.1) is 0 Å². The molecular weight excluding hydrogens is 364 g/mol. The first-order valence-corrected chi connectivity index (χ1v) is 10.7. The van der Waals surface area contributed by atoms with Gasteiger partial charge in [-0.25, -0.2) is 0 Å². The lowest BCUT2D eigenvalue weighted by Crippen LogP contribution is -2.38. The minimum Gasteiger partial charge on any atom is -0.486 e. The van der Waals surface area contributed by atoms with E-state index in [0.29, 0.717) is 19.8 Å². The average Bonchev–Trinajstić information content (AvgIpc) is 3.21. The van der Waals surface area contributed by atoms with E-state index >= 15 is 0 Å². The van der Waals surface area contributed by atoms with Gasteiger partial charge in [-0.3, -0.25) is 9.69 Å². The van der Waals surface area contributed by atoms with Gasteiger partial charge in [-0.1, -0.05) is 37.3 Å². The molecule has 5 nitrogen and oxygen atoms in total. The second kappa shape index (κ2) is 8.87. The van der Waals surface area contributed by atoms with Crippen molar-refractivity contribution in [2.24, 2.45) is 0 Å². The van der Waals surface area contributed by atoms with E-state index in [4.69, 9.17) is 9.47 Å². The number of aryl methyl sites for hydroxylation is 1. The molecule has 0 aromatic heterocycles. The number of ether oxygens (including phenoxy) is 2. The third-order valence-corrected chi connectivity index (χ3v) is 5.93. The van der Waals surface area contributed by atoms with Crippen molar-refractivity contribution in [1.29, 1.82) is 0 Å². The van der Waals surface area contributed by atoms with E-state index < -0.39 is 0 Å². The number of benzene rings is 2. The van der Waals surface area contributed by atoms with E-state index in [-0.39, 0.29) is 18.0 Å². The zero-order valence-electron chi connectivity index (χ0n) is 17.3. The molecule has 1 amide bonds. The maximum absolute atomic E-state index is 12.7. The van der Waals surface area contributed by atoms with Crippen LogP contribution in [0, 0.1) is 0 Å². The molecule has 2 aliphatic heterocycles. The highest BCUT2D eigenvalue weighted by Crippen LogP contribution is 2.37. The van der Waals surface area contributed by atoms with Gasteiger partial charge in [-0.05, 0) is 61.6 Å². The van der Waals surface area contributed by atoms with Crippen molar-refractivity contribution in [2.75, 3.05) is 26.3 Å². The number of carbonyl (C=O) groups excluding carboxylic acids is 1. The summed E-state index contributed by atoms with van der Waals surface area (Å²) < 4.78 is 11.4. The lowest BCUT2D eigenvalue weighted by atomic mass is 10.0. The lowest BCUT2D eigenvalue weighted by Gasteiger charge is -2.26. The SMILES string of the molecule is CCc1ccc([C@@H](C)NC(=O)CN2CCC[C@H]2c2ccc3c(c2)OCCO3)cc1. The Bertz CT molecular complexity index is 850. The molecule has 1 N–H and O–H groups in total. The number of rotatable bonds is 6. The minimum absolute atomic E-state index is 0.00347. The van der Waals surface area contributed by atoms with E-state index in [2.05, 4.69) is 53.5 Å². The Labute approximate surface area is 173 Å². The first-order chi connectivity index (χ1) is 14.1. The van der Waals surface area contributed by atoms with Crippen molar-refractivity contribution >= 4 is 5.91 Å². The lowest BCUT2D eigenvalue weighted by molar-refractivity contribution is -0.123. The molecule has 0 spiro atoms. The van der Waals surface area contributed by atoms with Crippen molar-refractivity contribution in [3.63, 3.8) is 0 Å². The van der Waals surface area contributed by atoms with Crippen LogP contribution < -0.4 is 14.8 Å². The third-order valence-electron chi connectivity index (χ3n) is 5.93. The number of fused-ring (bicyclic) bond motifs is 1. The van der Waals surface area contributed by atoms with Crippen molar-refractivity contribution < 1.29 is 14.3 Å². The van der Waals surface area contributed by atoms with E-state index in [1.165, 1.54) is 11.1 Å². The molecule has 0 saturated carbocycles. The number of hydrogen-bond acceptors (Lipinski definition) is 4. The largest absolute Gasteiger partial charge is 0.486 e. The monoisotopic (exact) mass is 394 g/mol. The smallest absolute Gasteiger partial charge is 0.234 e. The zero-order valence-corrected chi connectivity index (χ0v) is 17.3. The van der Waals surface area contributed by atoms with Crippen molar-refractivity contribution in [3.8, 4) is 11.5 Å². The molecule has 5 heteroatoms. The molecule has 2 aromatic carbocycles. The van der Waals surface area contributed by atoms with Crippen LogP contribution >= 0.6 is 0 Å². The number of nitrogens with zero attached hydrogens (tertiary/aromatic N) is 1. The number of likely N-dealkylation sites (tertiary alicyclic amines) is 1. The van der Waals surface area contributed by atoms with Crippen molar-refractivity contribution in [1.82, 2.24) is 10.2 Å². The molecule has 2 aliphatic rings. The highest BCUT2D eigenvalue weighted by molar-refractivity contribution is 5.78. The molecule has 0 unspecified atom stereocenters. The molecule has 2 heterocycles. The summed E-state index contributed by atoms with van der Waals surface area (Å²) in [6.07, 6.45) is 3.18. The fourth-order valence-corrected chi connectivity index (χ4v) is 4.26. The van der Waals surface area contributed by atoms with Gasteiger partial charge in [0.2, 0.25) is 5.91 Å². The Hall–Kier alpha value is -2.53. The van der Waals surface area contributed by atoms with E-state index in [1.54, 1.807) is 0 Å². The second-order valence-corrected chi connectivity index (χ2v) is 7.92. The Kier molecular flexibility index (Phi) is 6.05. The van der Waals surface area contributed by atoms with Crippen LogP contribution in [-0.4, -0.2) is 37.1 Å². The van der Waals surface area contributed by atoms with Crippen LogP contribution in [0.25, 0.3) is 0 Å². The normalized spacial score (nSPS) is 19.7. The van der Waals surface area contributed by atoms with Gasteiger partial charge >= 0.3 is 0 Å². The Morgan fingerprint density at radius 2 is 1.90 bits per heavy atom. The van der Waals surface area contributed by atoms with Gasteiger partial charge in [-0.2, -0.15) is 0 Å². The molecular formula is C24H30N2O3. The Balaban J connectivity index is 1.38. The van der Waals surface area contributed by atoms with E-state index in [9.17, 15) is 4.79 Å². The van der Waals surface area contributed by atoms with Gasteiger partial charge in [0.25, 0.3) is 0 Å². The summed E-state index contributed by atoms with van der Waals surface area (Å²) in [7, 11) is 0. The van der Waals surface area contributed by atoms with Gasteiger partial charge in [0.05, 0.1) is 12.6 Å². The summed E-state index contributed by atoms with van der Waals surface area (Å²) in [4.78, 5) is 15.0. The van der Waals surface area contributed by atoms with Crippen LogP contribution in [0.3, 0.4) is 0 Å². The van der Waals surface area contributed by atoms with Crippen molar-refractivity contribution in [2.45, 2.75) is 45.2 Å². The average molecular weight is 395 g/mol. The number of hydrogen-bond donors (Lipinski definition) is 1. The maximum atomic E-state index is 12.7. The molecule has 0 radical (unpaired) electrons. The Morgan fingerprint density at radius 3 is 2.66 bits per heavy atom. The van der Waals surface area contributed by atoms with E-state index in [1.807, 2.05) is 13.0 Å². The van der Waals surface area contributed by atoms with Gasteiger partial charge in [0, 0.05) is 6.04 Å². The summed E-state index contributed by atoms with van der Waals surface area (Å²) >= 11 is 0. The van der Waals surface area contributed by atoms with Crippen LogP contribution in [0.5, 0.6) is 11.5 Å². The highest BCUT2D eigenvalue weighted by Gasteiger charge is 2.29. The van der Waals surface area contributed by atoms with Crippen LogP contribution in [0.4, 0.5) is 0 Å². The molecule has 1 fully saturated rings. The van der Waals surface area contributed by atoms with Gasteiger partial charge < -0.3 is 14.8 Å². The molecule has 0 aliphatic carbocycles. The fraction of sp³-hybridized carbons (Fsp3) is 0.458. The fourth-order valence-electron chi connectivity index (χ4n) is 4.26. The predicted octanol–water partition coefficient (Wildman–Crippen LogP) is 4.03. The number of nitrogens with one attached hydrogen (secondary N) is 1. The summed E-state index contributed by atoms with van der Waals surface area (Å²) in [6.45, 7) is 6.73. The van der Waals surface area contributed by atoms with Gasteiger partial charge in [0.1, 0.15) is 13.2 Å². The topological polar surface area (TPSA) is 50.8 Å².